The van der Waals surface area contributed by atoms with Crippen LogP contribution in [0.15, 0.2) is 36.4 Å². The van der Waals surface area contributed by atoms with Crippen LogP contribution < -0.4 is 5.32 Å². The Labute approximate surface area is 130 Å². The maximum absolute atomic E-state index is 6.26. The smallest absolute Gasteiger partial charge is 0.0439 e. The van der Waals surface area contributed by atoms with E-state index >= 15 is 0 Å². The zero-order valence-electron chi connectivity index (χ0n) is 12.0. The summed E-state index contributed by atoms with van der Waals surface area (Å²) in [6, 6.07) is 12.4. The number of benzene rings is 2. The fourth-order valence-electron chi connectivity index (χ4n) is 2.50. The predicted octanol–water partition coefficient (Wildman–Crippen LogP) is 5.11. The molecule has 2 aromatic rings. The van der Waals surface area contributed by atoms with E-state index < -0.39 is 0 Å². The Morgan fingerprint density at radius 1 is 1.05 bits per heavy atom. The molecule has 0 spiro atoms. The van der Waals surface area contributed by atoms with Crippen LogP contribution in [0.25, 0.3) is 0 Å². The number of rotatable bonds is 4. The van der Waals surface area contributed by atoms with Crippen molar-refractivity contribution in [1.29, 1.82) is 0 Å². The lowest BCUT2D eigenvalue weighted by Gasteiger charge is -2.20. The van der Waals surface area contributed by atoms with Gasteiger partial charge in [-0.3, -0.25) is 0 Å². The summed E-state index contributed by atoms with van der Waals surface area (Å²) in [6.45, 7) is 4.26. The van der Waals surface area contributed by atoms with Gasteiger partial charge in [0.05, 0.1) is 0 Å². The summed E-state index contributed by atoms with van der Waals surface area (Å²) in [4.78, 5) is 0. The fraction of sp³-hybridized carbons (Fsp3) is 0.294. The van der Waals surface area contributed by atoms with Crippen LogP contribution in [0.1, 0.15) is 28.3 Å². The standard InChI is InChI=1S/C17H19Cl2N/c1-11-4-6-15(12(2)8-11)17(20-3)10-13-9-14(18)5-7-16(13)19/h4-9,17,20H,10H2,1-3H3. The van der Waals surface area contributed by atoms with Crippen molar-refractivity contribution >= 4 is 23.2 Å². The highest BCUT2D eigenvalue weighted by molar-refractivity contribution is 6.33. The summed E-state index contributed by atoms with van der Waals surface area (Å²) in [7, 11) is 1.97. The fourth-order valence-corrected chi connectivity index (χ4v) is 2.89. The van der Waals surface area contributed by atoms with Gasteiger partial charge in [-0.2, -0.15) is 0 Å². The summed E-state index contributed by atoms with van der Waals surface area (Å²) in [5, 5.41) is 4.86. The van der Waals surface area contributed by atoms with Crippen LogP contribution in [-0.4, -0.2) is 7.05 Å². The summed E-state index contributed by atoms with van der Waals surface area (Å²) < 4.78 is 0. The molecule has 1 atom stereocenters. The summed E-state index contributed by atoms with van der Waals surface area (Å²) >= 11 is 12.3. The minimum atomic E-state index is 0.228. The molecular formula is C17H19Cl2N. The van der Waals surface area contributed by atoms with E-state index in [1.807, 2.05) is 25.2 Å². The van der Waals surface area contributed by atoms with Crippen LogP contribution in [-0.2, 0) is 6.42 Å². The first kappa shape index (κ1) is 15.4. The van der Waals surface area contributed by atoms with Gasteiger partial charge in [-0.05, 0) is 62.2 Å². The van der Waals surface area contributed by atoms with Gasteiger partial charge in [-0.25, -0.2) is 0 Å². The van der Waals surface area contributed by atoms with E-state index in [1.165, 1.54) is 16.7 Å². The molecule has 3 heteroatoms. The van der Waals surface area contributed by atoms with Gasteiger partial charge >= 0.3 is 0 Å². The maximum Gasteiger partial charge on any atom is 0.0439 e. The van der Waals surface area contributed by atoms with Gasteiger partial charge in [-0.15, -0.1) is 0 Å². The predicted molar refractivity (Wildman–Crippen MR) is 87.9 cm³/mol. The first-order valence-corrected chi connectivity index (χ1v) is 7.45. The number of hydrogen-bond donors (Lipinski definition) is 1. The van der Waals surface area contributed by atoms with Crippen molar-refractivity contribution in [2.24, 2.45) is 0 Å². The average molecular weight is 308 g/mol. The van der Waals surface area contributed by atoms with E-state index in [4.69, 9.17) is 23.2 Å². The van der Waals surface area contributed by atoms with Crippen LogP contribution in [0.2, 0.25) is 10.0 Å². The van der Waals surface area contributed by atoms with Gasteiger partial charge in [-0.1, -0.05) is 47.0 Å². The number of nitrogens with one attached hydrogen (secondary N) is 1. The summed E-state index contributed by atoms with van der Waals surface area (Å²) in [5.41, 5.74) is 4.94. The third kappa shape index (κ3) is 3.54. The van der Waals surface area contributed by atoms with Crippen LogP contribution in [0.3, 0.4) is 0 Å². The molecule has 0 fully saturated rings. The zero-order valence-corrected chi connectivity index (χ0v) is 13.5. The molecule has 0 radical (unpaired) electrons. The monoisotopic (exact) mass is 307 g/mol. The maximum atomic E-state index is 6.26. The molecule has 0 heterocycles. The Morgan fingerprint density at radius 2 is 1.80 bits per heavy atom. The lowest BCUT2D eigenvalue weighted by atomic mass is 9.94. The molecule has 1 nitrogen and oxygen atoms in total. The van der Waals surface area contributed by atoms with E-state index in [0.717, 1.165) is 22.0 Å². The lowest BCUT2D eigenvalue weighted by molar-refractivity contribution is 0.589. The Kier molecular flexibility index (Phi) is 5.09. The molecule has 20 heavy (non-hydrogen) atoms. The van der Waals surface area contributed by atoms with Crippen molar-refractivity contribution < 1.29 is 0 Å². The molecule has 0 aliphatic heterocycles. The third-order valence-electron chi connectivity index (χ3n) is 3.58. The average Bonchev–Trinajstić information content (AvgIpc) is 2.40. The highest BCUT2D eigenvalue weighted by Gasteiger charge is 2.14. The Morgan fingerprint density at radius 3 is 2.45 bits per heavy atom. The van der Waals surface area contributed by atoms with Gasteiger partial charge in [0.1, 0.15) is 0 Å². The molecule has 0 aliphatic carbocycles. The second-order valence-electron chi connectivity index (χ2n) is 5.14. The second-order valence-corrected chi connectivity index (χ2v) is 5.98. The number of aryl methyl sites for hydroxylation is 2. The molecule has 0 saturated heterocycles. The van der Waals surface area contributed by atoms with Gasteiger partial charge in [0, 0.05) is 16.1 Å². The molecule has 2 aromatic carbocycles. The molecule has 0 bridgehead atoms. The van der Waals surface area contributed by atoms with E-state index in [9.17, 15) is 0 Å². The topological polar surface area (TPSA) is 12.0 Å². The molecule has 2 rings (SSSR count). The van der Waals surface area contributed by atoms with Crippen LogP contribution in [0, 0.1) is 13.8 Å². The molecule has 106 valence electrons. The normalized spacial score (nSPS) is 12.4. The molecule has 1 N–H and O–H groups in total. The van der Waals surface area contributed by atoms with Gasteiger partial charge in [0.25, 0.3) is 0 Å². The van der Waals surface area contributed by atoms with Crippen LogP contribution >= 0.6 is 23.2 Å². The van der Waals surface area contributed by atoms with Crippen molar-refractivity contribution in [3.05, 3.63) is 68.7 Å². The van der Waals surface area contributed by atoms with Crippen molar-refractivity contribution in [2.45, 2.75) is 26.3 Å². The van der Waals surface area contributed by atoms with Crippen molar-refractivity contribution in [3.8, 4) is 0 Å². The van der Waals surface area contributed by atoms with E-state index in [0.29, 0.717) is 0 Å². The molecule has 0 aromatic heterocycles. The van der Waals surface area contributed by atoms with Crippen molar-refractivity contribution in [3.63, 3.8) is 0 Å². The molecule has 0 saturated carbocycles. The highest BCUT2D eigenvalue weighted by atomic mass is 35.5. The quantitative estimate of drug-likeness (QED) is 0.827. The van der Waals surface area contributed by atoms with Crippen LogP contribution in [0.5, 0.6) is 0 Å². The first-order valence-electron chi connectivity index (χ1n) is 6.69. The Balaban J connectivity index is 2.31. The van der Waals surface area contributed by atoms with Gasteiger partial charge < -0.3 is 5.32 Å². The highest BCUT2D eigenvalue weighted by Crippen LogP contribution is 2.27. The second kappa shape index (κ2) is 6.62. The lowest BCUT2D eigenvalue weighted by Crippen LogP contribution is -2.20. The minimum absolute atomic E-state index is 0.228. The Bertz CT molecular complexity index is 608. The van der Waals surface area contributed by atoms with Crippen molar-refractivity contribution in [2.75, 3.05) is 7.05 Å². The number of likely N-dealkylation sites (N-methyl/N-ethyl adjacent to an activating group) is 1. The van der Waals surface area contributed by atoms with E-state index in [1.54, 1.807) is 0 Å². The number of halogens is 2. The van der Waals surface area contributed by atoms with E-state index in [-0.39, 0.29) is 6.04 Å². The van der Waals surface area contributed by atoms with Crippen LogP contribution in [0.4, 0.5) is 0 Å². The SMILES string of the molecule is CNC(Cc1cc(Cl)ccc1Cl)c1ccc(C)cc1C. The summed E-state index contributed by atoms with van der Waals surface area (Å²) in [6.07, 6.45) is 0.819. The molecule has 0 amide bonds. The Hall–Kier alpha value is -1.02. The number of hydrogen-bond acceptors (Lipinski definition) is 1. The van der Waals surface area contributed by atoms with Gasteiger partial charge in [0.2, 0.25) is 0 Å². The minimum Gasteiger partial charge on any atom is -0.313 e. The zero-order chi connectivity index (χ0) is 14.7. The molecule has 1 unspecified atom stereocenters. The molecular weight excluding hydrogens is 289 g/mol. The van der Waals surface area contributed by atoms with E-state index in [2.05, 4.69) is 37.4 Å². The third-order valence-corrected chi connectivity index (χ3v) is 4.18. The first-order chi connectivity index (χ1) is 9.51. The van der Waals surface area contributed by atoms with Crippen molar-refractivity contribution in [1.82, 2.24) is 5.32 Å². The largest absolute Gasteiger partial charge is 0.313 e. The van der Waals surface area contributed by atoms with Gasteiger partial charge in [0.15, 0.2) is 0 Å². The summed E-state index contributed by atoms with van der Waals surface area (Å²) in [5.74, 6) is 0. The molecule has 0 aliphatic rings.